The number of aliphatic carboxylic acids is 1. The average Bonchev–Trinajstić information content (AvgIpc) is 2.27. The lowest BCUT2D eigenvalue weighted by Crippen LogP contribution is -2.39. The number of benzene rings is 1. The van der Waals surface area contributed by atoms with Crippen molar-refractivity contribution in [2.24, 2.45) is 0 Å². The molecule has 1 rings (SSSR count). The Bertz CT molecular complexity index is 446. The summed E-state index contributed by atoms with van der Waals surface area (Å²) in [7, 11) is 0. The van der Waals surface area contributed by atoms with Crippen molar-refractivity contribution in [2.45, 2.75) is 39.2 Å². The van der Waals surface area contributed by atoms with Gasteiger partial charge in [0.15, 0.2) is 0 Å². The number of nitrogens with one attached hydrogen (secondary N) is 2. The van der Waals surface area contributed by atoms with E-state index in [1.54, 1.807) is 6.07 Å². The summed E-state index contributed by atoms with van der Waals surface area (Å²) in [6.45, 7) is 3.89. The molecule has 0 aliphatic rings. The van der Waals surface area contributed by atoms with Gasteiger partial charge in [-0.15, -0.1) is 0 Å². The maximum absolute atomic E-state index is 11.8. The van der Waals surface area contributed by atoms with E-state index >= 15 is 0 Å². The molecule has 104 valence electrons. The molecule has 0 aliphatic heterocycles. The lowest BCUT2D eigenvalue weighted by atomic mass is 10.1. The number of urea groups is 1. The van der Waals surface area contributed by atoms with Gasteiger partial charge in [-0.2, -0.15) is 0 Å². The van der Waals surface area contributed by atoms with Gasteiger partial charge in [-0.1, -0.05) is 25.5 Å². The second-order valence-electron chi connectivity index (χ2n) is 4.55. The van der Waals surface area contributed by atoms with Crippen LogP contribution < -0.4 is 10.6 Å². The molecule has 5 nitrogen and oxygen atoms in total. The van der Waals surface area contributed by atoms with Crippen LogP contribution in [-0.2, 0) is 4.79 Å². The molecule has 0 heterocycles. The Kier molecular flexibility index (Phi) is 5.85. The third-order valence-corrected chi connectivity index (χ3v) is 2.67. The predicted octanol–water partition coefficient (Wildman–Crippen LogP) is 2.76. The molecule has 0 bridgehead atoms. The molecule has 1 aromatic rings. The van der Waals surface area contributed by atoms with Gasteiger partial charge in [-0.3, -0.25) is 4.79 Å². The Morgan fingerprint density at radius 3 is 2.68 bits per heavy atom. The van der Waals surface area contributed by atoms with E-state index in [2.05, 4.69) is 10.6 Å². The van der Waals surface area contributed by atoms with Crippen molar-refractivity contribution in [1.82, 2.24) is 5.32 Å². The highest BCUT2D eigenvalue weighted by molar-refractivity contribution is 5.89. The summed E-state index contributed by atoms with van der Waals surface area (Å²) in [5.41, 5.74) is 1.75. The first-order valence-corrected chi connectivity index (χ1v) is 6.37. The van der Waals surface area contributed by atoms with Crippen molar-refractivity contribution in [1.29, 1.82) is 0 Å². The molecule has 0 aliphatic carbocycles. The zero-order valence-corrected chi connectivity index (χ0v) is 11.3. The molecule has 0 aromatic heterocycles. The number of carbonyl (C=O) groups excluding carboxylic acids is 1. The van der Waals surface area contributed by atoms with Gasteiger partial charge >= 0.3 is 12.0 Å². The van der Waals surface area contributed by atoms with E-state index in [-0.39, 0.29) is 18.5 Å². The van der Waals surface area contributed by atoms with E-state index in [0.717, 1.165) is 12.0 Å². The average molecular weight is 264 g/mol. The molecule has 1 aromatic carbocycles. The molecular formula is C14H20N2O3. The third-order valence-electron chi connectivity index (χ3n) is 2.67. The molecule has 2 amide bonds. The minimum Gasteiger partial charge on any atom is -0.481 e. The number of hydrogen-bond acceptors (Lipinski definition) is 2. The Balaban J connectivity index is 2.54. The molecule has 1 atom stereocenters. The Morgan fingerprint density at radius 1 is 1.37 bits per heavy atom. The zero-order chi connectivity index (χ0) is 14.3. The standard InChI is InChI=1S/C14H20N2O3/c1-3-5-11(9-13(17)18)15-14(19)16-12-7-4-6-10(2)8-12/h4,6-8,11H,3,5,9H2,1-2H3,(H,17,18)(H2,15,16,19). The Labute approximate surface area is 113 Å². The maximum Gasteiger partial charge on any atom is 0.319 e. The van der Waals surface area contributed by atoms with E-state index < -0.39 is 5.97 Å². The third kappa shape index (κ3) is 5.90. The summed E-state index contributed by atoms with van der Waals surface area (Å²) in [5, 5.41) is 14.2. The Hall–Kier alpha value is -2.04. The number of carboxylic acids is 1. The quantitative estimate of drug-likeness (QED) is 0.739. The second-order valence-corrected chi connectivity index (χ2v) is 4.55. The van der Waals surface area contributed by atoms with Crippen LogP contribution in [0, 0.1) is 6.92 Å². The summed E-state index contributed by atoms with van der Waals surface area (Å²) in [6.07, 6.45) is 1.41. The van der Waals surface area contributed by atoms with Crippen LogP contribution >= 0.6 is 0 Å². The highest BCUT2D eigenvalue weighted by atomic mass is 16.4. The first-order chi connectivity index (χ1) is 9.01. The van der Waals surface area contributed by atoms with Crippen LogP contribution in [-0.4, -0.2) is 23.1 Å². The van der Waals surface area contributed by atoms with E-state index in [1.165, 1.54) is 0 Å². The fourth-order valence-electron chi connectivity index (χ4n) is 1.86. The van der Waals surface area contributed by atoms with Crippen molar-refractivity contribution in [3.8, 4) is 0 Å². The molecule has 0 spiro atoms. The minimum atomic E-state index is -0.908. The minimum absolute atomic E-state index is 0.0604. The summed E-state index contributed by atoms with van der Waals surface area (Å²) in [4.78, 5) is 22.5. The normalized spacial score (nSPS) is 11.7. The molecule has 0 saturated carbocycles. The number of aryl methyl sites for hydroxylation is 1. The summed E-state index contributed by atoms with van der Waals surface area (Å²) in [5.74, 6) is -0.908. The maximum atomic E-state index is 11.8. The molecule has 1 unspecified atom stereocenters. The largest absolute Gasteiger partial charge is 0.481 e. The van der Waals surface area contributed by atoms with Gasteiger partial charge in [0.2, 0.25) is 0 Å². The van der Waals surface area contributed by atoms with E-state index in [4.69, 9.17) is 5.11 Å². The van der Waals surface area contributed by atoms with Gasteiger partial charge in [-0.25, -0.2) is 4.79 Å². The predicted molar refractivity (Wildman–Crippen MR) is 74.3 cm³/mol. The van der Waals surface area contributed by atoms with E-state index in [1.807, 2.05) is 32.0 Å². The number of hydrogen-bond donors (Lipinski definition) is 3. The van der Waals surface area contributed by atoms with Crippen LogP contribution in [0.1, 0.15) is 31.7 Å². The molecule has 0 fully saturated rings. The summed E-state index contributed by atoms with van der Waals surface area (Å²) < 4.78 is 0. The van der Waals surface area contributed by atoms with Crippen molar-refractivity contribution in [2.75, 3.05) is 5.32 Å². The van der Waals surface area contributed by atoms with E-state index in [0.29, 0.717) is 12.1 Å². The highest BCUT2D eigenvalue weighted by Gasteiger charge is 2.15. The van der Waals surface area contributed by atoms with E-state index in [9.17, 15) is 9.59 Å². The van der Waals surface area contributed by atoms with Crippen LogP contribution in [0.15, 0.2) is 24.3 Å². The summed E-state index contributed by atoms with van der Waals surface area (Å²) >= 11 is 0. The van der Waals surface area contributed by atoms with Crippen molar-refractivity contribution >= 4 is 17.7 Å². The number of carboxylic acid groups (broad SMARTS) is 1. The fourth-order valence-corrected chi connectivity index (χ4v) is 1.86. The summed E-state index contributed by atoms with van der Waals surface area (Å²) in [6, 6.07) is 6.72. The number of anilines is 1. The zero-order valence-electron chi connectivity index (χ0n) is 11.3. The van der Waals surface area contributed by atoms with Gasteiger partial charge in [0.25, 0.3) is 0 Å². The van der Waals surface area contributed by atoms with Crippen LogP contribution in [0.25, 0.3) is 0 Å². The smallest absolute Gasteiger partial charge is 0.319 e. The molecular weight excluding hydrogens is 244 g/mol. The van der Waals surface area contributed by atoms with Crippen LogP contribution in [0.4, 0.5) is 10.5 Å². The lowest BCUT2D eigenvalue weighted by Gasteiger charge is -2.16. The van der Waals surface area contributed by atoms with Gasteiger partial charge in [0.1, 0.15) is 0 Å². The molecule has 0 saturated heterocycles. The van der Waals surface area contributed by atoms with Crippen LogP contribution in [0.5, 0.6) is 0 Å². The van der Waals surface area contributed by atoms with Crippen molar-refractivity contribution < 1.29 is 14.7 Å². The van der Waals surface area contributed by atoms with Crippen LogP contribution in [0.2, 0.25) is 0 Å². The molecule has 0 radical (unpaired) electrons. The molecule has 3 N–H and O–H groups in total. The van der Waals surface area contributed by atoms with Crippen molar-refractivity contribution in [3.63, 3.8) is 0 Å². The lowest BCUT2D eigenvalue weighted by molar-refractivity contribution is -0.137. The SMILES string of the molecule is CCCC(CC(=O)O)NC(=O)Nc1cccc(C)c1. The molecule has 5 heteroatoms. The first kappa shape index (κ1) is 15.0. The van der Waals surface area contributed by atoms with Crippen molar-refractivity contribution in [3.05, 3.63) is 29.8 Å². The first-order valence-electron chi connectivity index (χ1n) is 6.37. The number of amides is 2. The number of rotatable bonds is 6. The monoisotopic (exact) mass is 264 g/mol. The van der Waals surface area contributed by atoms with Gasteiger partial charge in [0, 0.05) is 11.7 Å². The fraction of sp³-hybridized carbons (Fsp3) is 0.429. The van der Waals surface area contributed by atoms with Gasteiger partial charge in [-0.05, 0) is 31.0 Å². The molecule has 19 heavy (non-hydrogen) atoms. The number of carbonyl (C=O) groups is 2. The Morgan fingerprint density at radius 2 is 2.11 bits per heavy atom. The van der Waals surface area contributed by atoms with Gasteiger partial charge in [0.05, 0.1) is 6.42 Å². The van der Waals surface area contributed by atoms with Crippen LogP contribution in [0.3, 0.4) is 0 Å². The second kappa shape index (κ2) is 7.41. The highest BCUT2D eigenvalue weighted by Crippen LogP contribution is 2.09. The topological polar surface area (TPSA) is 78.4 Å². The van der Waals surface area contributed by atoms with Gasteiger partial charge < -0.3 is 15.7 Å².